The van der Waals surface area contributed by atoms with E-state index in [1.807, 2.05) is 25.2 Å². The molecule has 0 amide bonds. The number of fused-ring (bicyclic) bond motifs is 1. The highest BCUT2D eigenvalue weighted by atomic mass is 32.2. The van der Waals surface area contributed by atoms with Crippen molar-refractivity contribution in [3.63, 3.8) is 0 Å². The molecule has 2 aromatic rings. The fourth-order valence-corrected chi connectivity index (χ4v) is 2.99. The summed E-state index contributed by atoms with van der Waals surface area (Å²) in [5.41, 5.74) is 2.23. The van der Waals surface area contributed by atoms with Gasteiger partial charge in [-0.1, -0.05) is 18.2 Å². The average molecular weight is 287 g/mol. The molecule has 0 spiro atoms. The Morgan fingerprint density at radius 1 is 1.25 bits per heavy atom. The van der Waals surface area contributed by atoms with Crippen LogP contribution in [0.4, 0.5) is 5.82 Å². The smallest absolute Gasteiger partial charge is 0.141 e. The van der Waals surface area contributed by atoms with E-state index in [-0.39, 0.29) is 0 Å². The Morgan fingerprint density at radius 3 is 2.90 bits per heavy atom. The summed E-state index contributed by atoms with van der Waals surface area (Å²) in [5, 5.41) is 3.15. The predicted molar refractivity (Wildman–Crippen MR) is 80.9 cm³/mol. The lowest BCUT2D eigenvalue weighted by atomic mass is 10.1. The lowest BCUT2D eigenvalue weighted by molar-refractivity contribution is 0.109. The molecule has 0 unspecified atom stereocenters. The Hall–Kier alpha value is -1.59. The molecule has 0 bridgehead atoms. The van der Waals surface area contributed by atoms with Crippen molar-refractivity contribution in [3.8, 4) is 0 Å². The summed E-state index contributed by atoms with van der Waals surface area (Å²) in [6.07, 6.45) is 0.871. The summed E-state index contributed by atoms with van der Waals surface area (Å²) in [6.45, 7) is 1.36. The van der Waals surface area contributed by atoms with Gasteiger partial charge in [-0.25, -0.2) is 9.97 Å². The largest absolute Gasteiger partial charge is 0.376 e. The van der Waals surface area contributed by atoms with E-state index in [1.54, 1.807) is 11.8 Å². The highest BCUT2D eigenvalue weighted by Crippen LogP contribution is 2.25. The molecule has 104 valence electrons. The van der Waals surface area contributed by atoms with Gasteiger partial charge in [-0.15, -0.1) is 11.8 Å². The Balaban J connectivity index is 1.79. The maximum atomic E-state index is 5.48. The van der Waals surface area contributed by atoms with Gasteiger partial charge in [-0.3, -0.25) is 0 Å². The molecule has 1 aliphatic heterocycles. The third-order valence-electron chi connectivity index (χ3n) is 3.22. The number of ether oxygens (including phenoxy) is 1. The number of anilines is 1. The van der Waals surface area contributed by atoms with Gasteiger partial charge in [0.15, 0.2) is 0 Å². The first-order valence-corrected chi connectivity index (χ1v) is 7.67. The summed E-state index contributed by atoms with van der Waals surface area (Å²) in [5.74, 6) is 2.56. The van der Waals surface area contributed by atoms with Gasteiger partial charge in [0.2, 0.25) is 0 Å². The zero-order valence-electron chi connectivity index (χ0n) is 11.4. The molecule has 2 heterocycles. The molecule has 0 fully saturated rings. The van der Waals surface area contributed by atoms with Crippen LogP contribution in [0.3, 0.4) is 0 Å². The van der Waals surface area contributed by atoms with Gasteiger partial charge >= 0.3 is 0 Å². The molecular weight excluding hydrogens is 270 g/mol. The van der Waals surface area contributed by atoms with Gasteiger partial charge in [-0.2, -0.15) is 0 Å². The highest BCUT2D eigenvalue weighted by molar-refractivity contribution is 7.98. The third-order valence-corrected chi connectivity index (χ3v) is 4.22. The van der Waals surface area contributed by atoms with Crippen LogP contribution in [0.15, 0.2) is 35.2 Å². The first kappa shape index (κ1) is 13.4. The summed E-state index contributed by atoms with van der Waals surface area (Å²) in [4.78, 5) is 10.5. The molecule has 1 aliphatic rings. The van der Waals surface area contributed by atoms with Crippen molar-refractivity contribution in [3.05, 3.63) is 47.4 Å². The number of benzene rings is 1. The second-order valence-corrected chi connectivity index (χ2v) is 5.62. The fourth-order valence-electron chi connectivity index (χ4n) is 2.22. The Morgan fingerprint density at radius 2 is 2.10 bits per heavy atom. The molecule has 0 atom stereocenters. The van der Waals surface area contributed by atoms with E-state index in [0.717, 1.165) is 41.7 Å². The normalized spacial score (nSPS) is 13.8. The molecule has 3 rings (SSSR count). The number of aromatic nitrogens is 2. The van der Waals surface area contributed by atoms with Gasteiger partial charge in [0.1, 0.15) is 11.6 Å². The standard InChI is InChI=1S/C15H17N3OS/c1-16-15-12-9-19-8-7-13(12)17-14(18-15)10-20-11-5-3-2-4-6-11/h2-6H,7-10H2,1H3,(H,16,17,18). The van der Waals surface area contributed by atoms with Gasteiger partial charge in [0, 0.05) is 23.9 Å². The van der Waals surface area contributed by atoms with E-state index < -0.39 is 0 Å². The van der Waals surface area contributed by atoms with Crippen molar-refractivity contribution in [2.75, 3.05) is 19.0 Å². The van der Waals surface area contributed by atoms with Crippen LogP contribution in [0.25, 0.3) is 0 Å². The molecule has 0 saturated heterocycles. The van der Waals surface area contributed by atoms with Crippen LogP contribution in [0.2, 0.25) is 0 Å². The van der Waals surface area contributed by atoms with Crippen LogP contribution in [-0.2, 0) is 23.5 Å². The second-order valence-electron chi connectivity index (χ2n) is 4.57. The monoisotopic (exact) mass is 287 g/mol. The molecular formula is C15H17N3OS. The lowest BCUT2D eigenvalue weighted by Gasteiger charge is -2.19. The summed E-state index contributed by atoms with van der Waals surface area (Å²) in [6, 6.07) is 10.3. The lowest BCUT2D eigenvalue weighted by Crippen LogP contribution is -2.16. The van der Waals surface area contributed by atoms with Crippen LogP contribution in [0.5, 0.6) is 0 Å². The van der Waals surface area contributed by atoms with Crippen molar-refractivity contribution < 1.29 is 4.74 Å². The number of thioether (sulfide) groups is 1. The van der Waals surface area contributed by atoms with Gasteiger partial charge in [0.05, 0.1) is 24.7 Å². The van der Waals surface area contributed by atoms with E-state index >= 15 is 0 Å². The summed E-state index contributed by atoms with van der Waals surface area (Å²) >= 11 is 1.76. The Kier molecular flexibility index (Phi) is 4.18. The molecule has 1 aromatic carbocycles. The number of rotatable bonds is 4. The predicted octanol–water partition coefficient (Wildman–Crippen LogP) is 2.88. The fraction of sp³-hybridized carbons (Fsp3) is 0.333. The van der Waals surface area contributed by atoms with Gasteiger partial charge in [-0.05, 0) is 12.1 Å². The van der Waals surface area contributed by atoms with Crippen molar-refractivity contribution >= 4 is 17.6 Å². The first-order chi connectivity index (χ1) is 9.86. The minimum atomic E-state index is 0.609. The summed E-state index contributed by atoms with van der Waals surface area (Å²) in [7, 11) is 1.89. The van der Waals surface area contributed by atoms with Crippen LogP contribution in [0, 0.1) is 0 Å². The quantitative estimate of drug-likeness (QED) is 0.876. The number of hydrogen-bond acceptors (Lipinski definition) is 5. The molecule has 1 aromatic heterocycles. The Labute approximate surface area is 123 Å². The molecule has 4 nitrogen and oxygen atoms in total. The maximum absolute atomic E-state index is 5.48. The maximum Gasteiger partial charge on any atom is 0.141 e. The molecule has 0 saturated carbocycles. The van der Waals surface area contributed by atoms with E-state index in [9.17, 15) is 0 Å². The Bertz CT molecular complexity index is 572. The first-order valence-electron chi connectivity index (χ1n) is 6.69. The van der Waals surface area contributed by atoms with Crippen LogP contribution in [-0.4, -0.2) is 23.6 Å². The number of nitrogens with one attached hydrogen (secondary N) is 1. The van der Waals surface area contributed by atoms with Crippen molar-refractivity contribution in [1.29, 1.82) is 0 Å². The average Bonchev–Trinajstić information content (AvgIpc) is 2.53. The SMILES string of the molecule is CNc1nc(CSc2ccccc2)nc2c1COCC2. The summed E-state index contributed by atoms with van der Waals surface area (Å²) < 4.78 is 5.48. The topological polar surface area (TPSA) is 47.0 Å². The molecule has 1 N–H and O–H groups in total. The van der Waals surface area contributed by atoms with E-state index in [0.29, 0.717) is 6.61 Å². The van der Waals surface area contributed by atoms with Crippen LogP contribution in [0.1, 0.15) is 17.1 Å². The number of nitrogens with zero attached hydrogens (tertiary/aromatic N) is 2. The van der Waals surface area contributed by atoms with Crippen molar-refractivity contribution in [2.24, 2.45) is 0 Å². The molecule has 0 radical (unpaired) electrons. The third kappa shape index (κ3) is 2.94. The van der Waals surface area contributed by atoms with Gasteiger partial charge in [0.25, 0.3) is 0 Å². The zero-order chi connectivity index (χ0) is 13.8. The van der Waals surface area contributed by atoms with Crippen molar-refractivity contribution in [2.45, 2.75) is 23.7 Å². The molecule has 0 aliphatic carbocycles. The van der Waals surface area contributed by atoms with Crippen LogP contribution < -0.4 is 5.32 Å². The van der Waals surface area contributed by atoms with Crippen LogP contribution >= 0.6 is 11.8 Å². The molecule has 20 heavy (non-hydrogen) atoms. The molecule has 5 heteroatoms. The zero-order valence-corrected chi connectivity index (χ0v) is 12.2. The minimum Gasteiger partial charge on any atom is -0.376 e. The number of hydrogen-bond donors (Lipinski definition) is 1. The van der Waals surface area contributed by atoms with Crippen molar-refractivity contribution in [1.82, 2.24) is 9.97 Å². The van der Waals surface area contributed by atoms with E-state index in [4.69, 9.17) is 4.74 Å². The van der Waals surface area contributed by atoms with Gasteiger partial charge < -0.3 is 10.1 Å². The van der Waals surface area contributed by atoms with E-state index in [2.05, 4.69) is 27.4 Å². The second kappa shape index (κ2) is 6.24. The minimum absolute atomic E-state index is 0.609. The highest BCUT2D eigenvalue weighted by Gasteiger charge is 2.17. The van der Waals surface area contributed by atoms with E-state index in [1.165, 1.54) is 4.90 Å².